The molecule has 0 unspecified atom stereocenters. The fourth-order valence-electron chi connectivity index (χ4n) is 1.08. The molecule has 0 saturated heterocycles. The largest absolute Gasteiger partial charge is 0.370 e. The van der Waals surface area contributed by atoms with Gasteiger partial charge >= 0.3 is 0 Å². The second-order valence-electron chi connectivity index (χ2n) is 3.29. The summed E-state index contributed by atoms with van der Waals surface area (Å²) in [5, 5.41) is 0.113. The molecule has 6 nitrogen and oxygen atoms in total. The van der Waals surface area contributed by atoms with Gasteiger partial charge in [0, 0.05) is 16.8 Å². The van der Waals surface area contributed by atoms with Crippen LogP contribution in [0.2, 0.25) is 5.02 Å². The van der Waals surface area contributed by atoms with E-state index in [0.29, 0.717) is 0 Å². The van der Waals surface area contributed by atoms with Crippen LogP contribution in [0.5, 0.6) is 0 Å². The molecule has 0 aromatic heterocycles. The molecule has 0 heterocycles. The molecule has 18 heavy (non-hydrogen) atoms. The van der Waals surface area contributed by atoms with E-state index in [1.54, 1.807) is 0 Å². The Morgan fingerprint density at radius 1 is 1.28 bits per heavy atom. The quantitative estimate of drug-likeness (QED) is 0.612. The molecule has 0 fully saturated rings. The number of halogens is 2. The van der Waals surface area contributed by atoms with Gasteiger partial charge in [0.05, 0.1) is 4.90 Å². The third kappa shape index (κ3) is 4.52. The Kier molecular flexibility index (Phi) is 5.59. The van der Waals surface area contributed by atoms with Gasteiger partial charge in [0.25, 0.3) is 5.91 Å². The summed E-state index contributed by atoms with van der Waals surface area (Å²) >= 11 is 5.71. The highest BCUT2D eigenvalue weighted by molar-refractivity contribution is 7.90. The molecule has 9 heteroatoms. The number of aliphatic imine (C=N–C) groups is 1. The molecule has 0 spiro atoms. The molecule has 1 aromatic rings. The molecule has 0 aliphatic heterocycles. The van der Waals surface area contributed by atoms with E-state index in [1.807, 2.05) is 0 Å². The molecule has 0 radical (unpaired) electrons. The number of guanidine groups is 1. The molecule has 1 amide bonds. The highest BCUT2D eigenvalue weighted by Crippen LogP contribution is 2.19. The third-order valence-electron chi connectivity index (χ3n) is 1.78. The standard InChI is InChI=1S/C9H10ClN3O3S.ClH/c1-17(15,16)7-3-5(2-6(10)4-7)8(14)13-9(11)12;/h2-4H,1H3,(H4,11,12,13,14);1H. The van der Waals surface area contributed by atoms with Gasteiger partial charge in [0.15, 0.2) is 15.8 Å². The lowest BCUT2D eigenvalue weighted by molar-refractivity contribution is 0.100. The molecule has 0 aliphatic carbocycles. The van der Waals surface area contributed by atoms with Crippen molar-refractivity contribution in [3.8, 4) is 0 Å². The van der Waals surface area contributed by atoms with Crippen molar-refractivity contribution in [3.63, 3.8) is 0 Å². The lowest BCUT2D eigenvalue weighted by atomic mass is 10.2. The van der Waals surface area contributed by atoms with E-state index < -0.39 is 21.7 Å². The first-order valence-corrected chi connectivity index (χ1v) is 6.61. The minimum Gasteiger partial charge on any atom is -0.370 e. The summed E-state index contributed by atoms with van der Waals surface area (Å²) in [5.41, 5.74) is 10.1. The van der Waals surface area contributed by atoms with Crippen LogP contribution in [0.4, 0.5) is 0 Å². The van der Waals surface area contributed by atoms with E-state index in [1.165, 1.54) is 12.1 Å². The van der Waals surface area contributed by atoms with Gasteiger partial charge in [-0.15, -0.1) is 12.4 Å². The monoisotopic (exact) mass is 311 g/mol. The third-order valence-corrected chi connectivity index (χ3v) is 3.09. The first kappa shape index (κ1) is 16.7. The van der Waals surface area contributed by atoms with Gasteiger partial charge in [0.2, 0.25) is 0 Å². The van der Waals surface area contributed by atoms with Gasteiger partial charge < -0.3 is 11.5 Å². The maximum atomic E-state index is 11.5. The molecular formula is C9H11Cl2N3O3S. The van der Waals surface area contributed by atoms with Crippen molar-refractivity contribution in [2.45, 2.75) is 4.90 Å². The van der Waals surface area contributed by atoms with Crippen LogP contribution in [0.1, 0.15) is 10.4 Å². The van der Waals surface area contributed by atoms with Crippen molar-refractivity contribution in [3.05, 3.63) is 28.8 Å². The van der Waals surface area contributed by atoms with E-state index in [0.717, 1.165) is 12.3 Å². The Bertz CT molecular complexity index is 595. The van der Waals surface area contributed by atoms with Crippen molar-refractivity contribution in [2.75, 3.05) is 6.26 Å². The molecular weight excluding hydrogens is 301 g/mol. The lowest BCUT2D eigenvalue weighted by Gasteiger charge is -2.02. The van der Waals surface area contributed by atoms with E-state index in [2.05, 4.69) is 4.99 Å². The molecule has 0 aliphatic rings. The van der Waals surface area contributed by atoms with Gasteiger partial charge in [-0.3, -0.25) is 4.79 Å². The Labute approximate surface area is 115 Å². The van der Waals surface area contributed by atoms with Gasteiger partial charge in [-0.2, -0.15) is 4.99 Å². The van der Waals surface area contributed by atoms with Gasteiger partial charge in [0.1, 0.15) is 0 Å². The number of rotatable bonds is 2. The Balaban J connectivity index is 0.00000289. The smallest absolute Gasteiger partial charge is 0.280 e. The first-order chi connectivity index (χ1) is 7.70. The highest BCUT2D eigenvalue weighted by atomic mass is 35.5. The van der Waals surface area contributed by atoms with Crippen molar-refractivity contribution in [2.24, 2.45) is 16.5 Å². The fraction of sp³-hybridized carbons (Fsp3) is 0.111. The zero-order chi connectivity index (χ0) is 13.2. The van der Waals surface area contributed by atoms with Crippen molar-refractivity contribution in [1.29, 1.82) is 0 Å². The fourth-order valence-corrected chi connectivity index (χ4v) is 2.06. The zero-order valence-electron chi connectivity index (χ0n) is 9.25. The number of carbonyl (C=O) groups excluding carboxylic acids is 1. The molecule has 1 aromatic carbocycles. The van der Waals surface area contributed by atoms with E-state index in [4.69, 9.17) is 23.1 Å². The number of nitrogens with zero attached hydrogens (tertiary/aromatic N) is 1. The first-order valence-electron chi connectivity index (χ1n) is 4.35. The predicted molar refractivity (Wildman–Crippen MR) is 72.0 cm³/mol. The zero-order valence-corrected chi connectivity index (χ0v) is 11.6. The number of amides is 1. The topological polar surface area (TPSA) is 116 Å². The van der Waals surface area contributed by atoms with Gasteiger partial charge in [-0.1, -0.05) is 11.6 Å². The Morgan fingerprint density at radius 2 is 1.83 bits per heavy atom. The number of sulfone groups is 1. The molecule has 0 saturated carbocycles. The number of nitrogens with two attached hydrogens (primary N) is 2. The number of benzene rings is 1. The summed E-state index contributed by atoms with van der Waals surface area (Å²) in [6, 6.07) is 3.68. The Morgan fingerprint density at radius 3 is 2.28 bits per heavy atom. The summed E-state index contributed by atoms with van der Waals surface area (Å²) in [7, 11) is -3.46. The van der Waals surface area contributed by atoms with E-state index in [-0.39, 0.29) is 27.9 Å². The van der Waals surface area contributed by atoms with Crippen molar-refractivity contribution in [1.82, 2.24) is 0 Å². The van der Waals surface area contributed by atoms with Crippen LogP contribution in [0.25, 0.3) is 0 Å². The Hall–Kier alpha value is -1.31. The summed E-state index contributed by atoms with van der Waals surface area (Å²) in [4.78, 5) is 14.7. The number of hydrogen-bond acceptors (Lipinski definition) is 3. The average molecular weight is 312 g/mol. The minimum atomic E-state index is -3.46. The van der Waals surface area contributed by atoms with E-state index >= 15 is 0 Å². The normalized spacial score (nSPS) is 10.3. The summed E-state index contributed by atoms with van der Waals surface area (Å²) in [5.74, 6) is -1.16. The maximum Gasteiger partial charge on any atom is 0.280 e. The van der Waals surface area contributed by atoms with Crippen LogP contribution in [-0.2, 0) is 9.84 Å². The van der Waals surface area contributed by atoms with Crippen LogP contribution >= 0.6 is 24.0 Å². The second kappa shape index (κ2) is 6.03. The SMILES string of the molecule is CS(=O)(=O)c1cc(Cl)cc(C(=O)N=C(N)N)c1.Cl. The average Bonchev–Trinajstić information content (AvgIpc) is 2.14. The van der Waals surface area contributed by atoms with E-state index in [9.17, 15) is 13.2 Å². The second-order valence-corrected chi connectivity index (χ2v) is 5.74. The molecule has 4 N–H and O–H groups in total. The van der Waals surface area contributed by atoms with Crippen LogP contribution in [0.3, 0.4) is 0 Å². The summed E-state index contributed by atoms with van der Waals surface area (Å²) in [6.07, 6.45) is 1.01. The van der Waals surface area contributed by atoms with Crippen LogP contribution in [0, 0.1) is 0 Å². The maximum absolute atomic E-state index is 11.5. The summed E-state index contributed by atoms with van der Waals surface area (Å²) in [6.45, 7) is 0. The predicted octanol–water partition coefficient (Wildman–Crippen LogP) is 0.579. The lowest BCUT2D eigenvalue weighted by Crippen LogP contribution is -2.24. The van der Waals surface area contributed by atoms with Gasteiger partial charge in [-0.05, 0) is 18.2 Å². The molecule has 100 valence electrons. The minimum absolute atomic E-state index is 0. The van der Waals surface area contributed by atoms with Crippen molar-refractivity contribution < 1.29 is 13.2 Å². The number of hydrogen-bond donors (Lipinski definition) is 2. The highest BCUT2D eigenvalue weighted by Gasteiger charge is 2.13. The number of carbonyl (C=O) groups is 1. The molecule has 0 bridgehead atoms. The van der Waals surface area contributed by atoms with Crippen molar-refractivity contribution >= 4 is 45.7 Å². The van der Waals surface area contributed by atoms with Crippen LogP contribution < -0.4 is 11.5 Å². The van der Waals surface area contributed by atoms with Crippen LogP contribution in [0.15, 0.2) is 28.1 Å². The van der Waals surface area contributed by atoms with Crippen LogP contribution in [-0.4, -0.2) is 26.5 Å². The molecule has 1 rings (SSSR count). The van der Waals surface area contributed by atoms with Gasteiger partial charge in [-0.25, -0.2) is 8.42 Å². The molecule has 0 atom stereocenters. The summed E-state index contributed by atoms with van der Waals surface area (Å²) < 4.78 is 22.7.